The third-order valence-corrected chi connectivity index (χ3v) is 2.72. The first kappa shape index (κ1) is 13.7. The lowest BCUT2D eigenvalue weighted by molar-refractivity contribution is 0.0696. The molecule has 1 heterocycles. The number of carboxylic acids is 1. The molecule has 0 radical (unpaired) electrons. The molecule has 104 valence electrons. The number of hydrogen-bond donors (Lipinski definition) is 2. The van der Waals surface area contributed by atoms with Crippen molar-refractivity contribution in [3.8, 4) is 0 Å². The normalized spacial score (nSPS) is 10.3. The van der Waals surface area contributed by atoms with Gasteiger partial charge in [-0.1, -0.05) is 5.16 Å². The van der Waals surface area contributed by atoms with Crippen LogP contribution in [0.3, 0.4) is 0 Å². The molecule has 2 aromatic rings. The van der Waals surface area contributed by atoms with Crippen molar-refractivity contribution in [2.24, 2.45) is 0 Å². The highest BCUT2D eigenvalue weighted by atomic mass is 19.1. The van der Waals surface area contributed by atoms with Crippen LogP contribution in [-0.4, -0.2) is 22.1 Å². The molecular formula is C13H11FN2O4. The summed E-state index contributed by atoms with van der Waals surface area (Å²) < 4.78 is 18.5. The molecule has 0 atom stereocenters. The van der Waals surface area contributed by atoms with Gasteiger partial charge in [0.2, 0.25) is 0 Å². The van der Waals surface area contributed by atoms with Gasteiger partial charge < -0.3 is 14.9 Å². The van der Waals surface area contributed by atoms with E-state index in [-0.39, 0.29) is 16.8 Å². The third kappa shape index (κ3) is 2.51. The summed E-state index contributed by atoms with van der Waals surface area (Å²) >= 11 is 0. The predicted molar refractivity (Wildman–Crippen MR) is 67.3 cm³/mol. The van der Waals surface area contributed by atoms with Gasteiger partial charge in [-0.2, -0.15) is 0 Å². The van der Waals surface area contributed by atoms with Crippen LogP contribution in [0, 0.1) is 19.7 Å². The van der Waals surface area contributed by atoms with Gasteiger partial charge in [-0.25, -0.2) is 9.18 Å². The van der Waals surface area contributed by atoms with Crippen LogP contribution in [0.25, 0.3) is 0 Å². The zero-order valence-electron chi connectivity index (χ0n) is 10.7. The molecule has 2 N–H and O–H groups in total. The molecule has 0 spiro atoms. The van der Waals surface area contributed by atoms with Gasteiger partial charge in [0.25, 0.3) is 5.91 Å². The Morgan fingerprint density at radius 3 is 2.55 bits per heavy atom. The Balaban J connectivity index is 2.27. The highest BCUT2D eigenvalue weighted by Crippen LogP contribution is 2.19. The van der Waals surface area contributed by atoms with Crippen LogP contribution in [0.1, 0.15) is 32.2 Å². The summed E-state index contributed by atoms with van der Waals surface area (Å²) in [6.07, 6.45) is 0. The number of carboxylic acid groups (broad SMARTS) is 1. The minimum atomic E-state index is -1.24. The van der Waals surface area contributed by atoms with Crippen molar-refractivity contribution in [2.75, 3.05) is 5.32 Å². The lowest BCUT2D eigenvalue weighted by Gasteiger charge is -2.06. The second kappa shape index (κ2) is 5.12. The van der Waals surface area contributed by atoms with E-state index >= 15 is 0 Å². The Hall–Kier alpha value is -2.70. The minimum absolute atomic E-state index is 0.111. The van der Waals surface area contributed by atoms with E-state index in [4.69, 9.17) is 9.63 Å². The Kier molecular flexibility index (Phi) is 3.51. The van der Waals surface area contributed by atoms with Crippen molar-refractivity contribution in [2.45, 2.75) is 13.8 Å². The lowest BCUT2D eigenvalue weighted by atomic mass is 10.1. The molecule has 6 nitrogen and oxygen atoms in total. The van der Waals surface area contributed by atoms with Crippen LogP contribution in [0.4, 0.5) is 10.1 Å². The molecular weight excluding hydrogens is 267 g/mol. The topological polar surface area (TPSA) is 92.4 Å². The molecule has 20 heavy (non-hydrogen) atoms. The van der Waals surface area contributed by atoms with Crippen LogP contribution >= 0.6 is 0 Å². The molecule has 2 rings (SSSR count). The number of amides is 1. The molecule has 0 aliphatic carbocycles. The third-order valence-electron chi connectivity index (χ3n) is 2.72. The number of anilines is 1. The van der Waals surface area contributed by atoms with Gasteiger partial charge in [0.05, 0.1) is 16.9 Å². The molecule has 1 aromatic heterocycles. The first-order chi connectivity index (χ1) is 9.40. The van der Waals surface area contributed by atoms with E-state index in [0.29, 0.717) is 11.5 Å². The van der Waals surface area contributed by atoms with Crippen LogP contribution in [0.5, 0.6) is 0 Å². The fourth-order valence-corrected chi connectivity index (χ4v) is 1.74. The first-order valence-corrected chi connectivity index (χ1v) is 5.67. The number of benzene rings is 1. The van der Waals surface area contributed by atoms with Crippen molar-refractivity contribution in [3.63, 3.8) is 0 Å². The maximum atomic E-state index is 13.7. The SMILES string of the molecule is Cc1noc(C)c1C(=O)Nc1ccc(C(=O)O)cc1F. The largest absolute Gasteiger partial charge is 0.478 e. The van der Waals surface area contributed by atoms with Gasteiger partial charge in [0.1, 0.15) is 17.1 Å². The highest BCUT2D eigenvalue weighted by molar-refractivity contribution is 6.05. The number of nitrogens with one attached hydrogen (secondary N) is 1. The van der Waals surface area contributed by atoms with Crippen LogP contribution in [-0.2, 0) is 0 Å². The number of aryl methyl sites for hydroxylation is 2. The molecule has 0 aliphatic rings. The van der Waals surface area contributed by atoms with Crippen LogP contribution in [0.2, 0.25) is 0 Å². The van der Waals surface area contributed by atoms with E-state index in [1.165, 1.54) is 12.1 Å². The Morgan fingerprint density at radius 1 is 1.35 bits per heavy atom. The number of aromatic carboxylic acids is 1. The zero-order chi connectivity index (χ0) is 14.9. The van der Waals surface area contributed by atoms with Gasteiger partial charge in [0, 0.05) is 0 Å². The second-order valence-electron chi connectivity index (χ2n) is 4.15. The van der Waals surface area contributed by atoms with Crippen molar-refractivity contribution in [1.29, 1.82) is 0 Å². The van der Waals surface area contributed by atoms with E-state index in [2.05, 4.69) is 10.5 Å². The predicted octanol–water partition coefficient (Wildman–Crippen LogP) is 2.38. The smallest absolute Gasteiger partial charge is 0.335 e. The summed E-state index contributed by atoms with van der Waals surface area (Å²) in [5.41, 5.74) is 0.312. The van der Waals surface area contributed by atoms with E-state index in [9.17, 15) is 14.0 Å². The molecule has 0 fully saturated rings. The van der Waals surface area contributed by atoms with Crippen LogP contribution in [0.15, 0.2) is 22.7 Å². The monoisotopic (exact) mass is 278 g/mol. The minimum Gasteiger partial charge on any atom is -0.478 e. The fourth-order valence-electron chi connectivity index (χ4n) is 1.74. The second-order valence-corrected chi connectivity index (χ2v) is 4.15. The van der Waals surface area contributed by atoms with Gasteiger partial charge in [0.15, 0.2) is 0 Å². The van der Waals surface area contributed by atoms with E-state index in [1.54, 1.807) is 13.8 Å². The Bertz CT molecular complexity index is 674. The fraction of sp³-hybridized carbons (Fsp3) is 0.154. The van der Waals surface area contributed by atoms with Gasteiger partial charge in [-0.3, -0.25) is 4.79 Å². The zero-order valence-corrected chi connectivity index (χ0v) is 10.7. The molecule has 0 bridgehead atoms. The van der Waals surface area contributed by atoms with Crippen molar-refractivity contribution in [3.05, 3.63) is 46.6 Å². The molecule has 7 heteroatoms. The highest BCUT2D eigenvalue weighted by Gasteiger charge is 2.19. The van der Waals surface area contributed by atoms with E-state index in [0.717, 1.165) is 6.07 Å². The summed E-state index contributed by atoms with van der Waals surface area (Å²) in [5.74, 6) is -2.32. The number of carbonyl (C=O) groups is 2. The van der Waals surface area contributed by atoms with E-state index < -0.39 is 17.7 Å². The molecule has 1 aromatic carbocycles. The Morgan fingerprint density at radius 2 is 2.05 bits per heavy atom. The number of halogens is 1. The average molecular weight is 278 g/mol. The standard InChI is InChI=1S/C13H11FN2O4/c1-6-11(7(2)20-16-6)12(17)15-10-4-3-8(13(18)19)5-9(10)14/h3-5H,1-2H3,(H,15,17)(H,18,19). The molecule has 1 amide bonds. The summed E-state index contributed by atoms with van der Waals surface area (Å²) in [7, 11) is 0. The van der Waals surface area contributed by atoms with Crippen molar-refractivity contribution >= 4 is 17.6 Å². The number of rotatable bonds is 3. The lowest BCUT2D eigenvalue weighted by Crippen LogP contribution is -2.15. The van der Waals surface area contributed by atoms with Gasteiger partial charge in [-0.05, 0) is 32.0 Å². The molecule has 0 aliphatic heterocycles. The average Bonchev–Trinajstić information content (AvgIpc) is 2.71. The van der Waals surface area contributed by atoms with Crippen molar-refractivity contribution in [1.82, 2.24) is 5.16 Å². The number of aromatic nitrogens is 1. The summed E-state index contributed by atoms with van der Waals surface area (Å²) in [5, 5.41) is 14.7. The maximum absolute atomic E-state index is 13.7. The molecule has 0 saturated carbocycles. The quantitative estimate of drug-likeness (QED) is 0.899. The van der Waals surface area contributed by atoms with Gasteiger partial charge >= 0.3 is 5.97 Å². The van der Waals surface area contributed by atoms with Crippen LogP contribution < -0.4 is 5.32 Å². The maximum Gasteiger partial charge on any atom is 0.335 e. The summed E-state index contributed by atoms with van der Waals surface area (Å²) in [6, 6.07) is 3.23. The number of carbonyl (C=O) groups excluding carboxylic acids is 1. The number of hydrogen-bond acceptors (Lipinski definition) is 4. The summed E-state index contributed by atoms with van der Waals surface area (Å²) in [4.78, 5) is 22.7. The Labute approximate surface area is 113 Å². The summed E-state index contributed by atoms with van der Waals surface area (Å²) in [6.45, 7) is 3.16. The number of nitrogens with zero attached hydrogens (tertiary/aromatic N) is 1. The van der Waals surface area contributed by atoms with E-state index in [1.807, 2.05) is 0 Å². The molecule has 0 unspecified atom stereocenters. The first-order valence-electron chi connectivity index (χ1n) is 5.67. The van der Waals surface area contributed by atoms with Crippen molar-refractivity contribution < 1.29 is 23.6 Å². The van der Waals surface area contributed by atoms with Gasteiger partial charge in [-0.15, -0.1) is 0 Å². The molecule has 0 saturated heterocycles.